The summed E-state index contributed by atoms with van der Waals surface area (Å²) in [6.45, 7) is 0.344. The summed E-state index contributed by atoms with van der Waals surface area (Å²) in [5.41, 5.74) is 0. The molecule has 2 N–H and O–H groups in total. The van der Waals surface area contributed by atoms with E-state index in [1.807, 2.05) is 0 Å². The summed E-state index contributed by atoms with van der Waals surface area (Å²) in [6.07, 6.45) is 8.16. The molecule has 0 amide bonds. The molecule has 0 radical (unpaired) electrons. The molecule has 0 aliphatic heterocycles. The molecule has 5 heteroatoms. The van der Waals surface area contributed by atoms with Gasteiger partial charge < -0.3 is 4.57 Å². The molecule has 1 aliphatic carbocycles. The standard InChI is InChI=1S/C9H16N4O/c10-14-6-9-12-11-7-13(9)8-4-2-1-3-5-8/h7-8H,1-6,10H2. The number of hydrogen-bond acceptors (Lipinski definition) is 4. The van der Waals surface area contributed by atoms with Gasteiger partial charge in [-0.15, -0.1) is 10.2 Å². The van der Waals surface area contributed by atoms with E-state index in [2.05, 4.69) is 19.6 Å². The van der Waals surface area contributed by atoms with Crippen LogP contribution < -0.4 is 5.90 Å². The first-order valence-corrected chi connectivity index (χ1v) is 5.12. The van der Waals surface area contributed by atoms with E-state index in [0.29, 0.717) is 12.6 Å². The molecule has 0 aromatic carbocycles. The lowest BCUT2D eigenvalue weighted by atomic mass is 9.95. The van der Waals surface area contributed by atoms with E-state index in [9.17, 15) is 0 Å². The third-order valence-electron chi connectivity index (χ3n) is 2.83. The van der Waals surface area contributed by atoms with Gasteiger partial charge in [-0.1, -0.05) is 19.3 Å². The van der Waals surface area contributed by atoms with Crippen LogP contribution in [0.2, 0.25) is 0 Å². The summed E-state index contributed by atoms with van der Waals surface area (Å²) in [5.74, 6) is 5.87. The van der Waals surface area contributed by atoms with Crippen molar-refractivity contribution in [1.82, 2.24) is 14.8 Å². The summed E-state index contributed by atoms with van der Waals surface area (Å²) < 4.78 is 2.10. The average molecular weight is 196 g/mol. The second-order valence-corrected chi connectivity index (χ2v) is 3.76. The van der Waals surface area contributed by atoms with Crippen molar-refractivity contribution in [3.8, 4) is 0 Å². The van der Waals surface area contributed by atoms with Crippen molar-refractivity contribution in [2.75, 3.05) is 0 Å². The van der Waals surface area contributed by atoms with Crippen LogP contribution in [0.5, 0.6) is 0 Å². The highest BCUT2D eigenvalue weighted by molar-refractivity contribution is 4.88. The van der Waals surface area contributed by atoms with Gasteiger partial charge in [0, 0.05) is 6.04 Å². The number of nitrogens with zero attached hydrogens (tertiary/aromatic N) is 3. The Kier molecular flexibility index (Phi) is 3.10. The first-order chi connectivity index (χ1) is 6.92. The molecule has 1 aliphatic rings. The maximum atomic E-state index is 5.04. The molecule has 0 spiro atoms. The largest absolute Gasteiger partial charge is 0.312 e. The van der Waals surface area contributed by atoms with Gasteiger partial charge in [0.15, 0.2) is 5.82 Å². The quantitative estimate of drug-likeness (QED) is 0.737. The van der Waals surface area contributed by atoms with E-state index in [1.165, 1.54) is 32.1 Å². The number of aromatic nitrogens is 3. The predicted octanol–water partition coefficient (Wildman–Crippen LogP) is 1.17. The van der Waals surface area contributed by atoms with Gasteiger partial charge in [0.05, 0.1) is 0 Å². The van der Waals surface area contributed by atoms with Gasteiger partial charge in [-0.3, -0.25) is 4.84 Å². The predicted molar refractivity (Wildman–Crippen MR) is 51.1 cm³/mol. The van der Waals surface area contributed by atoms with Crippen molar-refractivity contribution < 1.29 is 4.84 Å². The molecular weight excluding hydrogens is 180 g/mol. The topological polar surface area (TPSA) is 66.0 Å². The van der Waals surface area contributed by atoms with Crippen molar-refractivity contribution >= 4 is 0 Å². The first kappa shape index (κ1) is 9.61. The Bertz CT molecular complexity index is 280. The molecule has 1 aromatic rings. The Balaban J connectivity index is 2.09. The molecular formula is C9H16N4O. The number of hydrogen-bond donors (Lipinski definition) is 1. The van der Waals surface area contributed by atoms with Crippen molar-refractivity contribution in [3.05, 3.63) is 12.2 Å². The molecule has 0 bridgehead atoms. The highest BCUT2D eigenvalue weighted by atomic mass is 16.6. The Morgan fingerprint density at radius 3 is 2.93 bits per heavy atom. The van der Waals surface area contributed by atoms with Crippen molar-refractivity contribution in [2.24, 2.45) is 5.90 Å². The molecule has 2 rings (SSSR count). The zero-order valence-corrected chi connectivity index (χ0v) is 8.22. The average Bonchev–Trinajstić information content (AvgIpc) is 2.68. The van der Waals surface area contributed by atoms with E-state index < -0.39 is 0 Å². The number of nitrogens with two attached hydrogens (primary N) is 1. The fourth-order valence-corrected chi connectivity index (χ4v) is 2.11. The zero-order chi connectivity index (χ0) is 9.80. The molecule has 0 unspecified atom stereocenters. The highest BCUT2D eigenvalue weighted by Crippen LogP contribution is 2.28. The summed E-state index contributed by atoms with van der Waals surface area (Å²) >= 11 is 0. The van der Waals surface area contributed by atoms with E-state index in [4.69, 9.17) is 5.90 Å². The lowest BCUT2D eigenvalue weighted by Gasteiger charge is -2.23. The minimum Gasteiger partial charge on any atom is -0.312 e. The third kappa shape index (κ3) is 1.93. The minimum absolute atomic E-state index is 0.344. The van der Waals surface area contributed by atoms with Crippen molar-refractivity contribution in [2.45, 2.75) is 44.8 Å². The summed E-state index contributed by atoms with van der Waals surface area (Å²) in [7, 11) is 0. The van der Waals surface area contributed by atoms with Gasteiger partial charge in [0.25, 0.3) is 0 Å². The fraction of sp³-hybridized carbons (Fsp3) is 0.778. The second-order valence-electron chi connectivity index (χ2n) is 3.76. The highest BCUT2D eigenvalue weighted by Gasteiger charge is 2.18. The van der Waals surface area contributed by atoms with Crippen molar-refractivity contribution in [3.63, 3.8) is 0 Å². The second kappa shape index (κ2) is 4.52. The van der Waals surface area contributed by atoms with Gasteiger partial charge in [0.2, 0.25) is 0 Å². The Morgan fingerprint density at radius 1 is 1.43 bits per heavy atom. The molecule has 0 atom stereocenters. The van der Waals surface area contributed by atoms with E-state index in [-0.39, 0.29) is 0 Å². The Labute approximate surface area is 83.2 Å². The molecule has 1 saturated carbocycles. The lowest BCUT2D eigenvalue weighted by Crippen LogP contribution is -2.16. The van der Waals surface area contributed by atoms with Gasteiger partial charge in [0.1, 0.15) is 12.9 Å². The SMILES string of the molecule is NOCc1nncn1C1CCCCC1. The summed E-state index contributed by atoms with van der Waals surface area (Å²) in [5, 5.41) is 7.88. The molecule has 14 heavy (non-hydrogen) atoms. The number of rotatable bonds is 3. The molecule has 5 nitrogen and oxygen atoms in total. The smallest absolute Gasteiger partial charge is 0.161 e. The monoisotopic (exact) mass is 196 g/mol. The van der Waals surface area contributed by atoms with E-state index in [0.717, 1.165) is 5.82 Å². The molecule has 1 heterocycles. The molecule has 1 aromatic heterocycles. The zero-order valence-electron chi connectivity index (χ0n) is 8.22. The Morgan fingerprint density at radius 2 is 2.21 bits per heavy atom. The normalized spacial score (nSPS) is 18.6. The van der Waals surface area contributed by atoms with Crippen LogP contribution in [-0.2, 0) is 11.4 Å². The van der Waals surface area contributed by atoms with E-state index >= 15 is 0 Å². The van der Waals surface area contributed by atoms with E-state index in [1.54, 1.807) is 6.33 Å². The maximum Gasteiger partial charge on any atom is 0.161 e. The van der Waals surface area contributed by atoms with Crippen molar-refractivity contribution in [1.29, 1.82) is 0 Å². The van der Waals surface area contributed by atoms with Crippen LogP contribution in [0.3, 0.4) is 0 Å². The van der Waals surface area contributed by atoms with Gasteiger partial charge in [-0.05, 0) is 12.8 Å². The van der Waals surface area contributed by atoms with Crippen LogP contribution in [0.15, 0.2) is 6.33 Å². The minimum atomic E-state index is 0.344. The lowest BCUT2D eigenvalue weighted by molar-refractivity contribution is 0.113. The third-order valence-corrected chi connectivity index (χ3v) is 2.83. The van der Waals surface area contributed by atoms with Crippen LogP contribution in [-0.4, -0.2) is 14.8 Å². The Hall–Kier alpha value is -0.940. The first-order valence-electron chi connectivity index (χ1n) is 5.12. The maximum absolute atomic E-state index is 5.04. The summed E-state index contributed by atoms with van der Waals surface area (Å²) in [6, 6.07) is 0.545. The van der Waals surface area contributed by atoms with Crippen LogP contribution in [0.1, 0.15) is 44.0 Å². The van der Waals surface area contributed by atoms with Gasteiger partial charge >= 0.3 is 0 Å². The van der Waals surface area contributed by atoms with Crippen LogP contribution >= 0.6 is 0 Å². The summed E-state index contributed by atoms with van der Waals surface area (Å²) in [4.78, 5) is 4.59. The molecule has 78 valence electrons. The van der Waals surface area contributed by atoms with Gasteiger partial charge in [-0.2, -0.15) is 0 Å². The fourth-order valence-electron chi connectivity index (χ4n) is 2.11. The molecule has 1 fully saturated rings. The van der Waals surface area contributed by atoms with Crippen LogP contribution in [0.25, 0.3) is 0 Å². The molecule has 0 saturated heterocycles. The van der Waals surface area contributed by atoms with Gasteiger partial charge in [-0.25, -0.2) is 5.90 Å². The van der Waals surface area contributed by atoms with Crippen LogP contribution in [0, 0.1) is 0 Å². The van der Waals surface area contributed by atoms with Crippen LogP contribution in [0.4, 0.5) is 0 Å².